The van der Waals surface area contributed by atoms with Crippen molar-refractivity contribution in [2.24, 2.45) is 0 Å². The minimum atomic E-state index is -3.57. The Balaban J connectivity index is 1.47. The van der Waals surface area contributed by atoms with Crippen LogP contribution in [0, 0.1) is 12.7 Å². The average molecular weight is 609 g/mol. The summed E-state index contributed by atoms with van der Waals surface area (Å²) in [6, 6.07) is 5.74. The number of carbonyl (C=O) groups is 2. The largest absolute Gasteiger partial charge is 0.481 e. The molecule has 0 spiro atoms. The van der Waals surface area contributed by atoms with Crippen LogP contribution in [0.3, 0.4) is 0 Å². The van der Waals surface area contributed by atoms with Crippen molar-refractivity contribution in [2.75, 3.05) is 31.2 Å². The maximum absolute atomic E-state index is 15.5. The van der Waals surface area contributed by atoms with Crippen molar-refractivity contribution < 1.29 is 31.9 Å². The molecule has 1 N–H and O–H groups in total. The van der Waals surface area contributed by atoms with Gasteiger partial charge >= 0.3 is 5.97 Å². The maximum Gasteiger partial charge on any atom is 0.337 e. The zero-order valence-corrected chi connectivity index (χ0v) is 23.7. The van der Waals surface area contributed by atoms with E-state index in [9.17, 15) is 18.0 Å². The van der Waals surface area contributed by atoms with E-state index < -0.39 is 40.4 Å². The van der Waals surface area contributed by atoms with Crippen LogP contribution < -0.4 is 9.46 Å². The van der Waals surface area contributed by atoms with Crippen molar-refractivity contribution in [3.8, 4) is 5.75 Å². The fourth-order valence-electron chi connectivity index (χ4n) is 4.44. The summed E-state index contributed by atoms with van der Waals surface area (Å²) in [5.41, 5.74) is 1.40. The van der Waals surface area contributed by atoms with E-state index in [1.54, 1.807) is 4.52 Å². The second-order valence-electron chi connectivity index (χ2n) is 8.88. The first kappa shape index (κ1) is 27.7. The van der Waals surface area contributed by atoms with Crippen LogP contribution >= 0.6 is 22.9 Å². The fraction of sp³-hybridized carbons (Fsp3) is 0.292. The number of methoxy groups -OCH3 is 1. The van der Waals surface area contributed by atoms with Gasteiger partial charge in [0.2, 0.25) is 15.0 Å². The minimum absolute atomic E-state index is 0.0102. The van der Waals surface area contributed by atoms with Crippen LogP contribution in [0.2, 0.25) is 5.15 Å². The van der Waals surface area contributed by atoms with Crippen molar-refractivity contribution in [3.05, 3.63) is 68.8 Å². The molecule has 1 atom stereocenters. The Kier molecular flexibility index (Phi) is 7.37. The van der Waals surface area contributed by atoms with Gasteiger partial charge in [-0.1, -0.05) is 29.0 Å². The van der Waals surface area contributed by atoms with E-state index in [2.05, 4.69) is 19.8 Å². The molecule has 0 saturated heterocycles. The van der Waals surface area contributed by atoms with Crippen LogP contribution in [0.4, 0.5) is 10.2 Å². The molecular weight excluding hydrogens is 587 g/mol. The topological polar surface area (TPSA) is 145 Å². The number of sulfonamides is 1. The molecule has 1 aliphatic heterocycles. The third-order valence-corrected chi connectivity index (χ3v) is 7.74. The van der Waals surface area contributed by atoms with Crippen molar-refractivity contribution in [2.45, 2.75) is 19.4 Å². The normalized spacial score (nSPS) is 15.1. The monoisotopic (exact) mass is 608 g/mol. The summed E-state index contributed by atoms with van der Waals surface area (Å²) in [5.74, 6) is -1.84. The smallest absolute Gasteiger partial charge is 0.337 e. The molecule has 0 bridgehead atoms. The summed E-state index contributed by atoms with van der Waals surface area (Å²) in [4.78, 5) is 36.1. The van der Waals surface area contributed by atoms with E-state index in [1.807, 2.05) is 6.92 Å². The summed E-state index contributed by atoms with van der Waals surface area (Å²) in [6.07, 6.45) is 1.38. The molecule has 3 aromatic heterocycles. The highest BCUT2D eigenvalue weighted by molar-refractivity contribution is 7.92. The number of imidazole rings is 1. The van der Waals surface area contributed by atoms with Crippen LogP contribution in [0.15, 0.2) is 30.3 Å². The second-order valence-corrected chi connectivity index (χ2v) is 12.1. The summed E-state index contributed by atoms with van der Waals surface area (Å²) in [7, 11) is -2.37. The fourth-order valence-corrected chi connectivity index (χ4v) is 5.91. The molecule has 0 radical (unpaired) electrons. The highest BCUT2D eigenvalue weighted by atomic mass is 35.5. The molecule has 40 heavy (non-hydrogen) atoms. The van der Waals surface area contributed by atoms with Crippen LogP contribution in [0.1, 0.15) is 38.4 Å². The van der Waals surface area contributed by atoms with E-state index in [0.29, 0.717) is 22.8 Å². The van der Waals surface area contributed by atoms with Gasteiger partial charge in [-0.25, -0.2) is 32.1 Å². The molecule has 1 aromatic carbocycles. The first-order valence-corrected chi connectivity index (χ1v) is 14.8. The molecule has 1 aliphatic rings. The average Bonchev–Trinajstić information content (AvgIpc) is 3.41. The number of ether oxygens (including phenoxy) is 2. The number of aryl methyl sites for hydroxylation is 1. The molecule has 5 rings (SSSR count). The quantitative estimate of drug-likeness (QED) is 0.247. The molecule has 1 unspecified atom stereocenters. The Morgan fingerprint density at radius 2 is 2.02 bits per heavy atom. The number of hydrogen-bond donors (Lipinski definition) is 1. The first-order valence-electron chi connectivity index (χ1n) is 11.7. The zero-order valence-electron chi connectivity index (χ0n) is 21.3. The Bertz CT molecular complexity index is 1760. The second kappa shape index (κ2) is 10.6. The van der Waals surface area contributed by atoms with E-state index in [1.165, 1.54) is 47.6 Å². The van der Waals surface area contributed by atoms with E-state index >= 15 is 4.39 Å². The van der Waals surface area contributed by atoms with Gasteiger partial charge in [0, 0.05) is 18.5 Å². The number of aromatic nitrogens is 4. The third-order valence-electron chi connectivity index (χ3n) is 6.07. The van der Waals surface area contributed by atoms with Gasteiger partial charge in [0.1, 0.15) is 22.7 Å². The Labute approximate surface area is 236 Å². The van der Waals surface area contributed by atoms with E-state index in [4.69, 9.17) is 21.1 Å². The molecule has 210 valence electrons. The van der Waals surface area contributed by atoms with Crippen LogP contribution in [0.25, 0.3) is 4.96 Å². The van der Waals surface area contributed by atoms with Crippen LogP contribution in [0.5, 0.6) is 5.75 Å². The molecular formula is C24H22ClFN6O6S2. The number of rotatable bonds is 7. The highest BCUT2D eigenvalue weighted by Crippen LogP contribution is 2.38. The van der Waals surface area contributed by atoms with Crippen molar-refractivity contribution >= 4 is 55.6 Å². The number of fused-ring (bicyclic) bond motifs is 3. The number of hydrogen-bond acceptors (Lipinski definition) is 10. The van der Waals surface area contributed by atoms with Crippen molar-refractivity contribution in [1.29, 1.82) is 0 Å². The first-order chi connectivity index (χ1) is 18.9. The Morgan fingerprint density at radius 3 is 2.70 bits per heavy atom. The van der Waals surface area contributed by atoms with E-state index in [0.717, 1.165) is 17.3 Å². The van der Waals surface area contributed by atoms with Crippen LogP contribution in [-0.2, 0) is 26.0 Å². The highest BCUT2D eigenvalue weighted by Gasteiger charge is 2.38. The van der Waals surface area contributed by atoms with Gasteiger partial charge < -0.3 is 14.4 Å². The van der Waals surface area contributed by atoms with Gasteiger partial charge in [-0.15, -0.1) is 0 Å². The lowest BCUT2D eigenvalue weighted by atomic mass is 9.94. The lowest BCUT2D eigenvalue weighted by Gasteiger charge is -2.35. The third kappa shape index (κ3) is 5.44. The van der Waals surface area contributed by atoms with Gasteiger partial charge in [-0.2, -0.15) is 5.10 Å². The summed E-state index contributed by atoms with van der Waals surface area (Å²) < 4.78 is 52.6. The Morgan fingerprint density at radius 1 is 1.25 bits per heavy atom. The van der Waals surface area contributed by atoms with Crippen LogP contribution in [-0.4, -0.2) is 71.3 Å². The number of benzene rings is 1. The van der Waals surface area contributed by atoms with Crippen molar-refractivity contribution in [1.82, 2.24) is 24.5 Å². The molecule has 0 saturated carbocycles. The number of amides is 1. The number of carbonyl (C=O) groups excluding carboxylic acids is 2. The molecule has 0 fully saturated rings. The SMILES string of the molecule is COC(=O)c1ccc(C2c3c(nc4sc(C)nn34)CCN2C(=O)COc2ccc(NS(C)(=O)=O)nc2Cl)c(F)c1. The summed E-state index contributed by atoms with van der Waals surface area (Å²) in [6.45, 7) is 1.57. The molecule has 0 aliphatic carbocycles. The van der Waals surface area contributed by atoms with Crippen molar-refractivity contribution in [3.63, 3.8) is 0 Å². The lowest BCUT2D eigenvalue weighted by molar-refractivity contribution is -0.135. The predicted octanol–water partition coefficient (Wildman–Crippen LogP) is 3.00. The standard InChI is InChI=1S/C24H22ClFN6O6S2/c1-12-29-32-21-16(27-24(32)39-12)8-9-31(20(21)14-5-4-13(10-15(14)26)23(34)37-2)19(33)11-38-17-6-7-18(28-22(17)25)30-40(3,35)36/h4-7,10,20H,8-9,11H2,1-3H3,(H,28,30). The molecule has 4 aromatic rings. The molecule has 12 nitrogen and oxygen atoms in total. The number of esters is 1. The maximum atomic E-state index is 15.5. The summed E-state index contributed by atoms with van der Waals surface area (Å²) in [5, 5.41) is 5.11. The van der Waals surface area contributed by atoms with Gasteiger partial charge in [0.05, 0.1) is 30.3 Å². The zero-order chi connectivity index (χ0) is 28.8. The van der Waals surface area contributed by atoms with E-state index in [-0.39, 0.29) is 34.4 Å². The van der Waals surface area contributed by atoms with Gasteiger partial charge in [0.15, 0.2) is 17.5 Å². The Hall–Kier alpha value is -3.82. The molecule has 4 heterocycles. The number of nitrogens with one attached hydrogen (secondary N) is 1. The molecule has 1 amide bonds. The van der Waals surface area contributed by atoms with Gasteiger partial charge in [0.25, 0.3) is 5.91 Å². The predicted molar refractivity (Wildman–Crippen MR) is 144 cm³/mol. The number of halogens is 2. The van der Waals surface area contributed by atoms with Gasteiger partial charge in [-0.3, -0.25) is 9.52 Å². The molecule has 16 heteroatoms. The van der Waals surface area contributed by atoms with Gasteiger partial charge in [-0.05, 0) is 31.2 Å². The number of nitrogens with zero attached hydrogens (tertiary/aromatic N) is 5. The summed E-state index contributed by atoms with van der Waals surface area (Å²) >= 11 is 7.52. The lowest BCUT2D eigenvalue weighted by Crippen LogP contribution is -2.43. The minimum Gasteiger partial charge on any atom is -0.481 e. The number of anilines is 1. The number of pyridine rings is 1.